The van der Waals surface area contributed by atoms with Crippen LogP contribution in [0.25, 0.3) is 0 Å². The third-order valence-electron chi connectivity index (χ3n) is 3.14. The maximum Gasteiger partial charge on any atom is 0.307 e. The average molecular weight is 184 g/mol. The van der Waals surface area contributed by atoms with E-state index in [2.05, 4.69) is 0 Å². The lowest BCUT2D eigenvalue weighted by atomic mass is 9.64. The highest BCUT2D eigenvalue weighted by Crippen LogP contribution is 2.40. The highest BCUT2D eigenvalue weighted by molar-refractivity contribution is 5.91. The monoisotopic (exact) mass is 184 g/mol. The minimum absolute atomic E-state index is 0.0191. The maximum absolute atomic E-state index is 11.7. The summed E-state index contributed by atoms with van der Waals surface area (Å²) in [5.41, 5.74) is -0.691. The van der Waals surface area contributed by atoms with Crippen LogP contribution in [0.5, 0.6) is 0 Å². The molecule has 0 aliphatic heterocycles. The minimum Gasteiger partial charge on any atom is -0.481 e. The zero-order chi connectivity index (χ0) is 10.2. The van der Waals surface area contributed by atoms with E-state index in [1.54, 1.807) is 13.8 Å². The highest BCUT2D eigenvalue weighted by atomic mass is 16.4. The molecule has 1 rings (SSSR count). The fourth-order valence-corrected chi connectivity index (χ4v) is 2.15. The Morgan fingerprint density at radius 3 is 2.46 bits per heavy atom. The lowest BCUT2D eigenvalue weighted by Crippen LogP contribution is -2.44. The van der Waals surface area contributed by atoms with Crippen molar-refractivity contribution in [3.63, 3.8) is 0 Å². The van der Waals surface area contributed by atoms with E-state index in [4.69, 9.17) is 5.11 Å². The lowest BCUT2D eigenvalue weighted by Gasteiger charge is -2.37. The van der Waals surface area contributed by atoms with Crippen molar-refractivity contribution in [2.45, 2.75) is 33.6 Å². The first kappa shape index (κ1) is 10.2. The smallest absolute Gasteiger partial charge is 0.307 e. The molecule has 1 N–H and O–H groups in total. The number of aliphatic carboxylic acids is 1. The number of ketones is 1. The molecule has 1 aliphatic carbocycles. The second-order valence-corrected chi connectivity index (χ2v) is 4.46. The molecule has 0 radical (unpaired) electrons. The predicted molar refractivity (Wildman–Crippen MR) is 48.3 cm³/mol. The van der Waals surface area contributed by atoms with Crippen molar-refractivity contribution in [2.75, 3.05) is 0 Å². The van der Waals surface area contributed by atoms with E-state index < -0.39 is 17.3 Å². The maximum atomic E-state index is 11.7. The summed E-state index contributed by atoms with van der Waals surface area (Å²) in [5, 5.41) is 8.93. The number of carbonyl (C=O) groups is 2. The van der Waals surface area contributed by atoms with E-state index in [1.165, 1.54) is 0 Å². The first-order valence-corrected chi connectivity index (χ1v) is 4.64. The fraction of sp³-hybridized carbons (Fsp3) is 0.800. The van der Waals surface area contributed by atoms with E-state index in [0.29, 0.717) is 12.8 Å². The molecule has 2 atom stereocenters. The van der Waals surface area contributed by atoms with E-state index in [-0.39, 0.29) is 11.7 Å². The van der Waals surface area contributed by atoms with E-state index in [9.17, 15) is 9.59 Å². The molecule has 0 amide bonds. The number of hydrogen-bond donors (Lipinski definition) is 1. The van der Waals surface area contributed by atoms with Crippen LogP contribution < -0.4 is 0 Å². The summed E-state index contributed by atoms with van der Waals surface area (Å²) in [4.78, 5) is 22.6. The molecule has 1 fully saturated rings. The molecule has 1 aliphatic rings. The number of rotatable bonds is 1. The van der Waals surface area contributed by atoms with Gasteiger partial charge in [-0.1, -0.05) is 20.8 Å². The van der Waals surface area contributed by atoms with Crippen LogP contribution in [0.1, 0.15) is 33.6 Å². The first-order valence-electron chi connectivity index (χ1n) is 4.64. The van der Waals surface area contributed by atoms with Crippen LogP contribution in [0.4, 0.5) is 0 Å². The first-order chi connectivity index (χ1) is 5.87. The summed E-state index contributed by atoms with van der Waals surface area (Å²) in [6, 6.07) is 0. The van der Waals surface area contributed by atoms with Crippen molar-refractivity contribution >= 4 is 11.8 Å². The van der Waals surface area contributed by atoms with Crippen LogP contribution in [-0.4, -0.2) is 16.9 Å². The number of hydrogen-bond acceptors (Lipinski definition) is 2. The van der Waals surface area contributed by atoms with Gasteiger partial charge in [0.2, 0.25) is 0 Å². The van der Waals surface area contributed by atoms with Gasteiger partial charge in [0.25, 0.3) is 0 Å². The zero-order valence-corrected chi connectivity index (χ0v) is 8.33. The standard InChI is InChI=1S/C10H16O3/c1-6-4-5-7(9(12)13)10(2,3)8(6)11/h6-7H,4-5H2,1-3H3,(H,12,13). The van der Waals surface area contributed by atoms with E-state index >= 15 is 0 Å². The van der Waals surface area contributed by atoms with Crippen molar-refractivity contribution in [3.05, 3.63) is 0 Å². The fourth-order valence-electron chi connectivity index (χ4n) is 2.15. The van der Waals surface area contributed by atoms with Gasteiger partial charge in [0.1, 0.15) is 5.78 Å². The quantitative estimate of drug-likeness (QED) is 0.675. The van der Waals surface area contributed by atoms with Gasteiger partial charge in [0.15, 0.2) is 0 Å². The van der Waals surface area contributed by atoms with Crippen LogP contribution in [0.3, 0.4) is 0 Å². The van der Waals surface area contributed by atoms with Gasteiger partial charge in [-0.25, -0.2) is 0 Å². The Kier molecular flexibility index (Phi) is 2.46. The van der Waals surface area contributed by atoms with Gasteiger partial charge in [0, 0.05) is 11.3 Å². The zero-order valence-electron chi connectivity index (χ0n) is 8.33. The van der Waals surface area contributed by atoms with Crippen LogP contribution in [0.15, 0.2) is 0 Å². The third kappa shape index (κ3) is 1.60. The molecule has 0 heterocycles. The van der Waals surface area contributed by atoms with Crippen LogP contribution in [0, 0.1) is 17.3 Å². The normalized spacial score (nSPS) is 33.0. The SMILES string of the molecule is CC1CCC(C(=O)O)C(C)(C)C1=O. The Morgan fingerprint density at radius 1 is 1.46 bits per heavy atom. The third-order valence-corrected chi connectivity index (χ3v) is 3.14. The van der Waals surface area contributed by atoms with E-state index in [1.807, 2.05) is 6.92 Å². The lowest BCUT2D eigenvalue weighted by molar-refractivity contribution is -0.155. The molecular weight excluding hydrogens is 168 g/mol. The van der Waals surface area contributed by atoms with Gasteiger partial charge in [0.05, 0.1) is 5.92 Å². The Hall–Kier alpha value is -0.860. The molecule has 0 saturated heterocycles. The number of carbonyl (C=O) groups excluding carboxylic acids is 1. The second-order valence-electron chi connectivity index (χ2n) is 4.46. The largest absolute Gasteiger partial charge is 0.481 e. The molecule has 0 bridgehead atoms. The molecule has 3 nitrogen and oxygen atoms in total. The molecule has 0 aromatic carbocycles. The Morgan fingerprint density at radius 2 is 2.00 bits per heavy atom. The number of Topliss-reactive ketones (excluding diaryl/α,β-unsaturated/α-hetero) is 1. The molecule has 2 unspecified atom stereocenters. The summed E-state index contributed by atoms with van der Waals surface area (Å²) in [7, 11) is 0. The highest BCUT2D eigenvalue weighted by Gasteiger charge is 2.46. The summed E-state index contributed by atoms with van der Waals surface area (Å²) in [6.45, 7) is 5.36. The van der Waals surface area contributed by atoms with Gasteiger partial charge in [-0.2, -0.15) is 0 Å². The molecular formula is C10H16O3. The van der Waals surface area contributed by atoms with Gasteiger partial charge >= 0.3 is 5.97 Å². The molecule has 74 valence electrons. The van der Waals surface area contributed by atoms with Crippen LogP contribution >= 0.6 is 0 Å². The van der Waals surface area contributed by atoms with Crippen molar-refractivity contribution in [2.24, 2.45) is 17.3 Å². The molecule has 0 spiro atoms. The second kappa shape index (κ2) is 3.13. The van der Waals surface area contributed by atoms with Crippen molar-refractivity contribution in [1.82, 2.24) is 0 Å². The minimum atomic E-state index is -0.842. The van der Waals surface area contributed by atoms with Gasteiger partial charge in [-0.05, 0) is 12.8 Å². The summed E-state index contributed by atoms with van der Waals surface area (Å²) >= 11 is 0. The Bertz CT molecular complexity index is 243. The predicted octanol–water partition coefficient (Wildman–Crippen LogP) is 1.71. The summed E-state index contributed by atoms with van der Waals surface area (Å²) in [6.07, 6.45) is 1.33. The van der Waals surface area contributed by atoms with Gasteiger partial charge < -0.3 is 5.11 Å². The van der Waals surface area contributed by atoms with Crippen molar-refractivity contribution in [1.29, 1.82) is 0 Å². The van der Waals surface area contributed by atoms with Gasteiger partial charge in [-0.15, -0.1) is 0 Å². The Labute approximate surface area is 78.1 Å². The molecule has 3 heteroatoms. The van der Waals surface area contributed by atoms with E-state index in [0.717, 1.165) is 0 Å². The molecule has 0 aromatic heterocycles. The van der Waals surface area contributed by atoms with Gasteiger partial charge in [-0.3, -0.25) is 9.59 Å². The molecule has 0 aromatic rings. The van der Waals surface area contributed by atoms with Crippen LogP contribution in [0.2, 0.25) is 0 Å². The topological polar surface area (TPSA) is 54.4 Å². The average Bonchev–Trinajstić information content (AvgIpc) is 1.99. The van der Waals surface area contributed by atoms with Crippen molar-refractivity contribution < 1.29 is 14.7 Å². The number of carboxylic acids is 1. The van der Waals surface area contributed by atoms with Crippen LogP contribution in [-0.2, 0) is 9.59 Å². The van der Waals surface area contributed by atoms with Crippen molar-refractivity contribution in [3.8, 4) is 0 Å². The summed E-state index contributed by atoms with van der Waals surface area (Å²) in [5.74, 6) is -1.24. The molecule has 1 saturated carbocycles. The number of carboxylic acid groups (broad SMARTS) is 1. The molecule has 13 heavy (non-hydrogen) atoms. The Balaban J connectivity index is 2.92. The summed E-state index contributed by atoms with van der Waals surface area (Å²) < 4.78 is 0.